The summed E-state index contributed by atoms with van der Waals surface area (Å²) in [6.07, 6.45) is 9.99. The van der Waals surface area contributed by atoms with E-state index in [1.165, 1.54) is 29.8 Å². The van der Waals surface area contributed by atoms with Crippen LogP contribution >= 0.6 is 0 Å². The van der Waals surface area contributed by atoms with E-state index in [-0.39, 0.29) is 29.7 Å². The topological polar surface area (TPSA) is 95.6 Å². The van der Waals surface area contributed by atoms with Gasteiger partial charge in [-0.2, -0.15) is 0 Å². The van der Waals surface area contributed by atoms with E-state index in [1.807, 2.05) is 0 Å². The Labute approximate surface area is 168 Å². The fourth-order valence-electron chi connectivity index (χ4n) is 6.53. The van der Waals surface area contributed by atoms with Crippen LogP contribution in [0.5, 0.6) is 0 Å². The molecule has 1 unspecified atom stereocenters. The summed E-state index contributed by atoms with van der Waals surface area (Å²) in [4.78, 5) is 25.2. The number of piperidine rings is 1. The Morgan fingerprint density at radius 3 is 2.25 bits per heavy atom. The maximum absolute atomic E-state index is 12.9. The lowest BCUT2D eigenvalue weighted by molar-refractivity contribution is -0.146. The minimum absolute atomic E-state index is 0.119. The lowest BCUT2D eigenvalue weighted by Gasteiger charge is -2.55. The third-order valence-corrected chi connectivity index (χ3v) is 8.65. The van der Waals surface area contributed by atoms with Gasteiger partial charge in [0.05, 0.1) is 6.26 Å². The van der Waals surface area contributed by atoms with Crippen LogP contribution in [0.1, 0.15) is 57.8 Å². The third-order valence-electron chi connectivity index (χ3n) is 7.38. The number of carbonyl (C=O) groups excluding carboxylic acids is 2. The molecular formula is C20H33N3O4S. The fraction of sp³-hybridized carbons (Fsp3) is 0.900. The number of sulfonamides is 1. The molecule has 1 atom stereocenters. The molecule has 5 rings (SSSR count). The molecule has 158 valence electrons. The Balaban J connectivity index is 1.22. The van der Waals surface area contributed by atoms with E-state index in [0.717, 1.165) is 49.9 Å². The number of amides is 2. The molecule has 4 bridgehead atoms. The molecule has 7 nitrogen and oxygen atoms in total. The second kappa shape index (κ2) is 7.59. The summed E-state index contributed by atoms with van der Waals surface area (Å²) in [7, 11) is -3.22. The van der Waals surface area contributed by atoms with E-state index in [2.05, 4.69) is 10.6 Å². The molecule has 0 radical (unpaired) electrons. The molecule has 0 aromatic heterocycles. The van der Waals surface area contributed by atoms with Crippen molar-refractivity contribution in [3.05, 3.63) is 0 Å². The van der Waals surface area contributed by atoms with Crippen molar-refractivity contribution in [3.8, 4) is 0 Å². The van der Waals surface area contributed by atoms with Crippen LogP contribution in [0.15, 0.2) is 0 Å². The van der Waals surface area contributed by atoms with Gasteiger partial charge in [0.2, 0.25) is 21.8 Å². The van der Waals surface area contributed by atoms with Gasteiger partial charge in [-0.15, -0.1) is 0 Å². The summed E-state index contributed by atoms with van der Waals surface area (Å²) >= 11 is 0. The van der Waals surface area contributed by atoms with Crippen molar-refractivity contribution in [2.75, 3.05) is 25.9 Å². The molecule has 2 N–H and O–H groups in total. The highest BCUT2D eigenvalue weighted by Gasteiger charge is 2.54. The Morgan fingerprint density at radius 2 is 1.68 bits per heavy atom. The van der Waals surface area contributed by atoms with Gasteiger partial charge in [0.15, 0.2) is 0 Å². The van der Waals surface area contributed by atoms with Crippen molar-refractivity contribution in [2.24, 2.45) is 23.2 Å². The highest BCUT2D eigenvalue weighted by molar-refractivity contribution is 7.88. The Kier molecular flexibility index (Phi) is 5.46. The SMILES string of the molecule is CS(=O)(=O)N1CCCC(NC(=O)CCNC(=O)C23CC4CC(CC(C4)C2)C3)C1. The summed E-state index contributed by atoms with van der Waals surface area (Å²) in [6.45, 7) is 1.21. The molecule has 5 fully saturated rings. The second-order valence-corrected chi connectivity index (χ2v) is 11.7. The number of hydrogen-bond acceptors (Lipinski definition) is 4. The fourth-order valence-corrected chi connectivity index (χ4v) is 7.44. The van der Waals surface area contributed by atoms with E-state index in [4.69, 9.17) is 0 Å². The van der Waals surface area contributed by atoms with E-state index in [0.29, 0.717) is 19.6 Å². The molecule has 0 aromatic carbocycles. The molecule has 0 aromatic rings. The highest BCUT2D eigenvalue weighted by atomic mass is 32.2. The van der Waals surface area contributed by atoms with Gasteiger partial charge in [-0.3, -0.25) is 9.59 Å². The normalized spacial score (nSPS) is 37.6. The zero-order valence-corrected chi connectivity index (χ0v) is 17.6. The molecule has 1 heterocycles. The van der Waals surface area contributed by atoms with Crippen molar-refractivity contribution in [2.45, 2.75) is 63.8 Å². The molecule has 0 spiro atoms. The Morgan fingerprint density at radius 1 is 1.07 bits per heavy atom. The lowest BCUT2D eigenvalue weighted by atomic mass is 9.49. The zero-order valence-electron chi connectivity index (χ0n) is 16.8. The number of hydrogen-bond donors (Lipinski definition) is 2. The van der Waals surface area contributed by atoms with Crippen molar-refractivity contribution in [1.82, 2.24) is 14.9 Å². The summed E-state index contributed by atoms with van der Waals surface area (Å²) in [6, 6.07) is -0.144. The summed E-state index contributed by atoms with van der Waals surface area (Å²) in [5.74, 6) is 2.21. The zero-order chi connectivity index (χ0) is 19.9. The van der Waals surface area contributed by atoms with E-state index >= 15 is 0 Å². The number of rotatable bonds is 6. The molecular weight excluding hydrogens is 378 g/mol. The second-order valence-electron chi connectivity index (χ2n) is 9.73. The van der Waals surface area contributed by atoms with Crippen molar-refractivity contribution < 1.29 is 18.0 Å². The van der Waals surface area contributed by atoms with Crippen LogP contribution in [0.2, 0.25) is 0 Å². The standard InChI is InChI=1S/C20H33N3O4S/c1-28(26,27)23-6-2-3-17(13-23)22-18(24)4-5-21-19(25)20-10-14-7-15(11-20)9-16(8-14)12-20/h14-17H,2-13H2,1H3,(H,21,25)(H,22,24). The van der Waals surface area contributed by atoms with Crippen LogP contribution in [0.25, 0.3) is 0 Å². The first-order valence-electron chi connectivity index (χ1n) is 10.8. The molecule has 1 saturated heterocycles. The van der Waals surface area contributed by atoms with E-state index < -0.39 is 10.0 Å². The first-order valence-corrected chi connectivity index (χ1v) is 12.6. The van der Waals surface area contributed by atoms with Gasteiger partial charge in [-0.05, 0) is 69.1 Å². The number of nitrogens with zero attached hydrogens (tertiary/aromatic N) is 1. The molecule has 28 heavy (non-hydrogen) atoms. The maximum atomic E-state index is 12.9. The molecule has 8 heteroatoms. The smallest absolute Gasteiger partial charge is 0.226 e. The monoisotopic (exact) mass is 411 g/mol. The van der Waals surface area contributed by atoms with Crippen molar-refractivity contribution in [3.63, 3.8) is 0 Å². The van der Waals surface area contributed by atoms with Gasteiger partial charge in [0.1, 0.15) is 0 Å². The van der Waals surface area contributed by atoms with Gasteiger partial charge in [-0.25, -0.2) is 12.7 Å². The largest absolute Gasteiger partial charge is 0.355 e. The predicted molar refractivity (Wildman–Crippen MR) is 106 cm³/mol. The van der Waals surface area contributed by atoms with Crippen LogP contribution in [-0.4, -0.2) is 56.5 Å². The van der Waals surface area contributed by atoms with Gasteiger partial charge in [0, 0.05) is 37.5 Å². The van der Waals surface area contributed by atoms with Crippen molar-refractivity contribution in [1.29, 1.82) is 0 Å². The Bertz CT molecular complexity index is 700. The van der Waals surface area contributed by atoms with Crippen LogP contribution in [-0.2, 0) is 19.6 Å². The average Bonchev–Trinajstić information content (AvgIpc) is 2.60. The van der Waals surface area contributed by atoms with Gasteiger partial charge in [0.25, 0.3) is 0 Å². The summed E-state index contributed by atoms with van der Waals surface area (Å²) in [5, 5.41) is 5.97. The van der Waals surface area contributed by atoms with Crippen LogP contribution in [0, 0.1) is 23.2 Å². The van der Waals surface area contributed by atoms with E-state index in [1.54, 1.807) is 0 Å². The molecule has 4 saturated carbocycles. The van der Waals surface area contributed by atoms with E-state index in [9.17, 15) is 18.0 Å². The van der Waals surface area contributed by atoms with Gasteiger partial charge >= 0.3 is 0 Å². The van der Waals surface area contributed by atoms with Gasteiger partial charge < -0.3 is 10.6 Å². The molecule has 5 aliphatic rings. The number of carbonyl (C=O) groups is 2. The third kappa shape index (κ3) is 4.22. The predicted octanol–water partition coefficient (Wildman–Crippen LogP) is 1.25. The molecule has 2 amide bonds. The van der Waals surface area contributed by atoms with Crippen LogP contribution in [0.4, 0.5) is 0 Å². The van der Waals surface area contributed by atoms with Crippen LogP contribution in [0.3, 0.4) is 0 Å². The summed E-state index contributed by atoms with van der Waals surface area (Å²) < 4.78 is 24.8. The average molecular weight is 412 g/mol. The van der Waals surface area contributed by atoms with Crippen molar-refractivity contribution >= 4 is 21.8 Å². The first-order chi connectivity index (χ1) is 13.2. The van der Waals surface area contributed by atoms with Gasteiger partial charge in [-0.1, -0.05) is 0 Å². The minimum atomic E-state index is -3.22. The quantitative estimate of drug-likeness (QED) is 0.688. The molecule has 1 aliphatic heterocycles. The summed E-state index contributed by atoms with van der Waals surface area (Å²) in [5.41, 5.74) is -0.176. The highest BCUT2D eigenvalue weighted by Crippen LogP contribution is 2.60. The lowest BCUT2D eigenvalue weighted by Crippen LogP contribution is -2.54. The number of nitrogens with one attached hydrogen (secondary N) is 2. The van der Waals surface area contributed by atoms with Crippen LogP contribution < -0.4 is 10.6 Å². The molecule has 4 aliphatic carbocycles. The maximum Gasteiger partial charge on any atom is 0.226 e. The minimum Gasteiger partial charge on any atom is -0.355 e. The Hall–Kier alpha value is -1.15. The first kappa shape index (κ1) is 20.1.